The molecule has 4 N–H and O–H groups in total. The molecule has 0 bridgehead atoms. The molecular weight excluding hydrogens is 248 g/mol. The third-order valence-corrected chi connectivity index (χ3v) is 3.21. The molecule has 0 saturated carbocycles. The zero-order valence-corrected chi connectivity index (χ0v) is 10.3. The molecule has 1 aromatic rings. The lowest BCUT2D eigenvalue weighted by Gasteiger charge is -2.22. The second-order valence-electron chi connectivity index (χ2n) is 4.55. The van der Waals surface area contributed by atoms with Gasteiger partial charge in [-0.1, -0.05) is 0 Å². The Kier molecular flexibility index (Phi) is 4.01. The second-order valence-corrected chi connectivity index (χ2v) is 4.55. The largest absolute Gasteiger partial charge is 0.506 e. The van der Waals surface area contributed by atoms with Crippen LogP contribution >= 0.6 is 0 Å². The van der Waals surface area contributed by atoms with Gasteiger partial charge in [0.25, 0.3) is 0 Å². The van der Waals surface area contributed by atoms with Crippen molar-refractivity contribution in [3.63, 3.8) is 0 Å². The maximum atomic E-state index is 12.0. The van der Waals surface area contributed by atoms with E-state index in [1.54, 1.807) is 0 Å². The van der Waals surface area contributed by atoms with Crippen LogP contribution in [-0.2, 0) is 4.79 Å². The van der Waals surface area contributed by atoms with Crippen LogP contribution in [0, 0.1) is 5.92 Å². The number of carboxylic acids is 1. The molecule has 1 aliphatic heterocycles. The van der Waals surface area contributed by atoms with E-state index in [2.05, 4.69) is 10.6 Å². The van der Waals surface area contributed by atoms with Crippen LogP contribution in [0.3, 0.4) is 0 Å². The molecule has 1 heterocycles. The van der Waals surface area contributed by atoms with Gasteiger partial charge >= 0.3 is 5.97 Å². The van der Waals surface area contributed by atoms with Gasteiger partial charge in [0, 0.05) is 5.92 Å². The molecule has 1 amide bonds. The van der Waals surface area contributed by atoms with Gasteiger partial charge < -0.3 is 20.8 Å². The second kappa shape index (κ2) is 5.71. The number of carbonyl (C=O) groups is 2. The number of aromatic carboxylic acids is 1. The van der Waals surface area contributed by atoms with E-state index in [1.807, 2.05) is 0 Å². The summed E-state index contributed by atoms with van der Waals surface area (Å²) >= 11 is 0. The quantitative estimate of drug-likeness (QED) is 0.611. The molecule has 0 aromatic heterocycles. The Balaban J connectivity index is 2.11. The molecular formula is C13H16N2O4. The summed E-state index contributed by atoms with van der Waals surface area (Å²) in [5.74, 6) is -1.52. The number of carbonyl (C=O) groups excluding carboxylic acids is 1. The fourth-order valence-corrected chi connectivity index (χ4v) is 2.09. The zero-order chi connectivity index (χ0) is 13.8. The van der Waals surface area contributed by atoms with Crippen molar-refractivity contribution in [1.29, 1.82) is 0 Å². The number of anilines is 1. The van der Waals surface area contributed by atoms with Gasteiger partial charge in [-0.2, -0.15) is 0 Å². The SMILES string of the molecule is O=C(O)c1ccc(O)c(NC(=O)C2CCNCC2)c1. The van der Waals surface area contributed by atoms with Crippen molar-refractivity contribution >= 4 is 17.6 Å². The summed E-state index contributed by atoms with van der Waals surface area (Å²) in [5.41, 5.74) is 0.168. The Morgan fingerprint density at radius 2 is 1.95 bits per heavy atom. The maximum Gasteiger partial charge on any atom is 0.335 e. The van der Waals surface area contributed by atoms with E-state index in [9.17, 15) is 14.7 Å². The smallest absolute Gasteiger partial charge is 0.335 e. The number of phenolic OH excluding ortho intramolecular Hbond substituents is 1. The summed E-state index contributed by atoms with van der Waals surface area (Å²) < 4.78 is 0. The third kappa shape index (κ3) is 3.23. The van der Waals surface area contributed by atoms with Crippen molar-refractivity contribution in [2.75, 3.05) is 18.4 Å². The summed E-state index contributed by atoms with van der Waals surface area (Å²) in [5, 5.41) is 24.3. The van der Waals surface area contributed by atoms with Crippen LogP contribution in [0.15, 0.2) is 18.2 Å². The number of piperidine rings is 1. The molecule has 2 rings (SSSR count). The Labute approximate surface area is 110 Å². The summed E-state index contributed by atoms with van der Waals surface area (Å²) in [4.78, 5) is 22.9. The highest BCUT2D eigenvalue weighted by Crippen LogP contribution is 2.25. The Bertz CT molecular complexity index is 495. The van der Waals surface area contributed by atoms with Gasteiger partial charge in [0.2, 0.25) is 5.91 Å². The van der Waals surface area contributed by atoms with Crippen LogP contribution < -0.4 is 10.6 Å². The van der Waals surface area contributed by atoms with Gasteiger partial charge in [-0.05, 0) is 44.1 Å². The topological polar surface area (TPSA) is 98.7 Å². The molecule has 0 aliphatic carbocycles. The van der Waals surface area contributed by atoms with E-state index in [0.717, 1.165) is 25.9 Å². The third-order valence-electron chi connectivity index (χ3n) is 3.21. The number of nitrogens with one attached hydrogen (secondary N) is 2. The van der Waals surface area contributed by atoms with Crippen molar-refractivity contribution in [3.05, 3.63) is 23.8 Å². The lowest BCUT2D eigenvalue weighted by atomic mass is 9.97. The first-order valence-electron chi connectivity index (χ1n) is 6.16. The van der Waals surface area contributed by atoms with E-state index in [4.69, 9.17) is 5.11 Å². The van der Waals surface area contributed by atoms with Crippen molar-refractivity contribution in [3.8, 4) is 5.75 Å². The monoisotopic (exact) mass is 264 g/mol. The molecule has 6 heteroatoms. The van der Waals surface area contributed by atoms with Crippen LogP contribution in [0.2, 0.25) is 0 Å². The molecule has 1 aromatic carbocycles. The Morgan fingerprint density at radius 1 is 1.26 bits per heavy atom. The Hall–Kier alpha value is -2.08. The van der Waals surface area contributed by atoms with Crippen molar-refractivity contribution in [2.24, 2.45) is 5.92 Å². The van der Waals surface area contributed by atoms with E-state index in [0.29, 0.717) is 0 Å². The average Bonchev–Trinajstić information content (AvgIpc) is 2.42. The van der Waals surface area contributed by atoms with Gasteiger partial charge in [-0.3, -0.25) is 4.79 Å². The highest BCUT2D eigenvalue weighted by molar-refractivity contribution is 5.96. The van der Waals surface area contributed by atoms with Gasteiger partial charge in [0.05, 0.1) is 11.3 Å². The molecule has 0 unspecified atom stereocenters. The normalized spacial score (nSPS) is 16.0. The predicted molar refractivity (Wildman–Crippen MR) is 69.3 cm³/mol. The number of benzene rings is 1. The van der Waals surface area contributed by atoms with Crippen molar-refractivity contribution in [2.45, 2.75) is 12.8 Å². The zero-order valence-electron chi connectivity index (χ0n) is 10.3. The first-order valence-corrected chi connectivity index (χ1v) is 6.16. The summed E-state index contributed by atoms with van der Waals surface area (Å²) in [6.07, 6.45) is 1.48. The molecule has 0 radical (unpaired) electrons. The molecule has 0 spiro atoms. The van der Waals surface area contributed by atoms with Gasteiger partial charge in [0.15, 0.2) is 0 Å². The molecule has 19 heavy (non-hydrogen) atoms. The molecule has 1 fully saturated rings. The molecule has 102 valence electrons. The first-order chi connectivity index (χ1) is 9.08. The molecule has 1 saturated heterocycles. The van der Waals surface area contributed by atoms with Gasteiger partial charge in [0.1, 0.15) is 5.75 Å². The standard InChI is InChI=1S/C13H16N2O4/c16-11-2-1-9(13(18)19)7-10(11)15-12(17)8-3-5-14-6-4-8/h1-2,7-8,14,16H,3-6H2,(H,15,17)(H,18,19). The van der Waals surface area contributed by atoms with Gasteiger partial charge in [-0.25, -0.2) is 4.79 Å². The lowest BCUT2D eigenvalue weighted by Crippen LogP contribution is -2.34. The van der Waals surface area contributed by atoms with E-state index in [1.165, 1.54) is 18.2 Å². The molecule has 6 nitrogen and oxygen atoms in total. The minimum absolute atomic E-state index is 0.0263. The number of rotatable bonds is 3. The van der Waals surface area contributed by atoms with Crippen molar-refractivity contribution < 1.29 is 19.8 Å². The highest BCUT2D eigenvalue weighted by Gasteiger charge is 2.22. The Morgan fingerprint density at radius 3 is 2.58 bits per heavy atom. The van der Waals surface area contributed by atoms with Crippen molar-refractivity contribution in [1.82, 2.24) is 5.32 Å². The summed E-state index contributed by atoms with van der Waals surface area (Å²) in [7, 11) is 0. The number of hydrogen-bond acceptors (Lipinski definition) is 4. The van der Waals surface area contributed by atoms with E-state index >= 15 is 0 Å². The molecule has 1 aliphatic rings. The highest BCUT2D eigenvalue weighted by atomic mass is 16.4. The van der Waals surface area contributed by atoms with Gasteiger partial charge in [-0.15, -0.1) is 0 Å². The minimum atomic E-state index is -1.10. The van der Waals surface area contributed by atoms with E-state index < -0.39 is 5.97 Å². The summed E-state index contributed by atoms with van der Waals surface area (Å²) in [6.45, 7) is 1.58. The number of hydrogen-bond donors (Lipinski definition) is 4. The minimum Gasteiger partial charge on any atom is -0.506 e. The van der Waals surface area contributed by atoms with Crippen LogP contribution in [0.25, 0.3) is 0 Å². The van der Waals surface area contributed by atoms with Crippen LogP contribution in [0.4, 0.5) is 5.69 Å². The maximum absolute atomic E-state index is 12.0. The van der Waals surface area contributed by atoms with Crippen LogP contribution in [-0.4, -0.2) is 35.2 Å². The number of amides is 1. The van der Waals surface area contributed by atoms with E-state index in [-0.39, 0.29) is 28.8 Å². The van der Waals surface area contributed by atoms with Crippen LogP contribution in [0.1, 0.15) is 23.2 Å². The van der Waals surface area contributed by atoms with Crippen LogP contribution in [0.5, 0.6) is 5.75 Å². The predicted octanol–water partition coefficient (Wildman–Crippen LogP) is 1.03. The number of phenols is 1. The number of aromatic hydroxyl groups is 1. The number of carboxylic acid groups (broad SMARTS) is 1. The molecule has 0 atom stereocenters. The lowest BCUT2D eigenvalue weighted by molar-refractivity contribution is -0.120. The fourth-order valence-electron chi connectivity index (χ4n) is 2.09. The summed E-state index contributed by atoms with van der Waals surface area (Å²) in [6, 6.07) is 3.82. The first kappa shape index (κ1) is 13.4. The fraction of sp³-hybridized carbons (Fsp3) is 0.385. The average molecular weight is 264 g/mol.